The van der Waals surface area contributed by atoms with Gasteiger partial charge in [0.05, 0.1) is 7.11 Å². The van der Waals surface area contributed by atoms with Crippen LogP contribution in [0, 0.1) is 5.82 Å². The largest absolute Gasteiger partial charge is 0.497 e. The molecule has 16 heavy (non-hydrogen) atoms. The third-order valence-electron chi connectivity index (χ3n) is 1.87. The summed E-state index contributed by atoms with van der Waals surface area (Å²) in [6, 6.07) is 4.26. The molecule has 1 rings (SSSR count). The third-order valence-corrected chi connectivity index (χ3v) is 1.87. The summed E-state index contributed by atoms with van der Waals surface area (Å²) in [5.74, 6) is -0.301. The van der Waals surface area contributed by atoms with Crippen molar-refractivity contribution in [3.63, 3.8) is 0 Å². The van der Waals surface area contributed by atoms with Crippen LogP contribution in [0.4, 0.5) is 4.39 Å². The molecule has 0 aliphatic rings. The molecule has 0 aliphatic carbocycles. The molecule has 4 heteroatoms. The number of amides is 1. The van der Waals surface area contributed by atoms with Gasteiger partial charge in [-0.3, -0.25) is 4.79 Å². The van der Waals surface area contributed by atoms with Gasteiger partial charge in [0, 0.05) is 18.7 Å². The van der Waals surface area contributed by atoms with Crippen LogP contribution in [-0.2, 0) is 11.3 Å². The van der Waals surface area contributed by atoms with Gasteiger partial charge in [0.15, 0.2) is 0 Å². The Morgan fingerprint density at radius 2 is 2.38 bits per heavy atom. The highest BCUT2D eigenvalue weighted by molar-refractivity contribution is 5.87. The first-order valence-electron chi connectivity index (χ1n) is 4.63. The van der Waals surface area contributed by atoms with E-state index in [-0.39, 0.29) is 12.5 Å². The molecule has 0 fully saturated rings. The minimum absolute atomic E-state index is 0.227. The molecular formula is C12H12FNO2. The zero-order valence-corrected chi connectivity index (χ0v) is 8.92. The monoisotopic (exact) mass is 221 g/mol. The maximum atomic E-state index is 13.1. The number of benzene rings is 1. The molecule has 3 nitrogen and oxygen atoms in total. The molecular weight excluding hydrogens is 209 g/mol. The lowest BCUT2D eigenvalue weighted by Gasteiger charge is -2.05. The van der Waals surface area contributed by atoms with Gasteiger partial charge in [0.1, 0.15) is 11.6 Å². The first-order valence-corrected chi connectivity index (χ1v) is 4.63. The summed E-state index contributed by atoms with van der Waals surface area (Å²) in [7, 11) is 1.46. The molecule has 0 unspecified atom stereocenters. The van der Waals surface area contributed by atoms with Crippen molar-refractivity contribution in [3.05, 3.63) is 48.0 Å². The van der Waals surface area contributed by atoms with Crippen molar-refractivity contribution in [1.82, 2.24) is 5.32 Å². The van der Waals surface area contributed by atoms with Crippen molar-refractivity contribution in [2.45, 2.75) is 6.54 Å². The number of nitrogens with one attached hydrogen (secondary N) is 1. The fourth-order valence-corrected chi connectivity index (χ4v) is 1.17. The quantitative estimate of drug-likeness (QED) is 0.621. The second-order valence-electron chi connectivity index (χ2n) is 3.07. The lowest BCUT2D eigenvalue weighted by molar-refractivity contribution is -0.116. The van der Waals surface area contributed by atoms with E-state index in [4.69, 9.17) is 4.74 Å². The number of rotatable bonds is 4. The SMILES string of the molecule is C=C=CC(=O)NCc1cc(F)cc(OC)c1. The van der Waals surface area contributed by atoms with Gasteiger partial charge in [-0.25, -0.2) is 4.39 Å². The predicted molar refractivity (Wildman–Crippen MR) is 58.5 cm³/mol. The van der Waals surface area contributed by atoms with Crippen molar-refractivity contribution < 1.29 is 13.9 Å². The van der Waals surface area contributed by atoms with Crippen LogP contribution in [0.1, 0.15) is 5.56 Å². The molecule has 0 saturated carbocycles. The number of ether oxygens (including phenoxy) is 1. The van der Waals surface area contributed by atoms with Crippen LogP contribution in [0.5, 0.6) is 5.75 Å². The molecule has 1 aromatic carbocycles. The van der Waals surface area contributed by atoms with Gasteiger partial charge >= 0.3 is 0 Å². The van der Waals surface area contributed by atoms with Crippen LogP contribution in [0.2, 0.25) is 0 Å². The minimum atomic E-state index is -0.400. The van der Waals surface area contributed by atoms with Crippen LogP contribution in [0.3, 0.4) is 0 Å². The maximum absolute atomic E-state index is 13.1. The Morgan fingerprint density at radius 1 is 1.62 bits per heavy atom. The number of methoxy groups -OCH3 is 1. The fraction of sp³-hybridized carbons (Fsp3) is 0.167. The van der Waals surface area contributed by atoms with E-state index in [0.717, 1.165) is 0 Å². The number of carbonyl (C=O) groups is 1. The highest BCUT2D eigenvalue weighted by atomic mass is 19.1. The zero-order chi connectivity index (χ0) is 12.0. The van der Waals surface area contributed by atoms with Crippen molar-refractivity contribution >= 4 is 5.91 Å². The summed E-state index contributed by atoms with van der Waals surface area (Å²) in [6.45, 7) is 3.50. The molecule has 0 saturated heterocycles. The van der Waals surface area contributed by atoms with Gasteiger partial charge in [0.2, 0.25) is 0 Å². The Hall–Kier alpha value is -2.06. The Balaban J connectivity index is 2.70. The summed E-state index contributed by atoms with van der Waals surface area (Å²) in [5.41, 5.74) is 2.98. The van der Waals surface area contributed by atoms with Gasteiger partial charge < -0.3 is 10.1 Å². The van der Waals surface area contributed by atoms with Crippen LogP contribution < -0.4 is 10.1 Å². The van der Waals surface area contributed by atoms with E-state index >= 15 is 0 Å². The highest BCUT2D eigenvalue weighted by Crippen LogP contribution is 2.15. The van der Waals surface area contributed by atoms with Gasteiger partial charge in [-0.15, -0.1) is 5.73 Å². The first-order chi connectivity index (χ1) is 7.65. The minimum Gasteiger partial charge on any atom is -0.497 e. The molecule has 1 amide bonds. The molecule has 84 valence electrons. The Labute approximate surface area is 93.2 Å². The van der Waals surface area contributed by atoms with E-state index in [1.807, 2.05) is 0 Å². The average molecular weight is 221 g/mol. The second kappa shape index (κ2) is 5.73. The van der Waals surface area contributed by atoms with Crippen LogP contribution in [0.25, 0.3) is 0 Å². The summed E-state index contributed by atoms with van der Waals surface area (Å²) < 4.78 is 18.0. The van der Waals surface area contributed by atoms with Crippen molar-refractivity contribution in [2.24, 2.45) is 0 Å². The standard InChI is InChI=1S/C12H12FNO2/c1-3-4-12(15)14-8-9-5-10(13)7-11(6-9)16-2/h4-7H,1,8H2,2H3,(H,14,15). The lowest BCUT2D eigenvalue weighted by atomic mass is 10.2. The summed E-state index contributed by atoms with van der Waals surface area (Å²) in [6.07, 6.45) is 1.18. The molecule has 0 bridgehead atoms. The van der Waals surface area contributed by atoms with Crippen molar-refractivity contribution in [3.8, 4) is 5.75 Å². The first kappa shape index (κ1) is 12.0. The van der Waals surface area contributed by atoms with Gasteiger partial charge in [-0.1, -0.05) is 6.58 Å². The topological polar surface area (TPSA) is 38.3 Å². The Kier molecular flexibility index (Phi) is 4.30. The number of carbonyl (C=O) groups excluding carboxylic acids is 1. The second-order valence-corrected chi connectivity index (χ2v) is 3.07. The smallest absolute Gasteiger partial charge is 0.251 e. The molecule has 0 heterocycles. The lowest BCUT2D eigenvalue weighted by Crippen LogP contribution is -2.20. The highest BCUT2D eigenvalue weighted by Gasteiger charge is 2.02. The Morgan fingerprint density at radius 3 is 3.00 bits per heavy atom. The summed E-state index contributed by atoms with van der Waals surface area (Å²) in [5, 5.41) is 2.56. The fourth-order valence-electron chi connectivity index (χ4n) is 1.17. The van der Waals surface area contributed by atoms with E-state index in [0.29, 0.717) is 11.3 Å². The maximum Gasteiger partial charge on any atom is 0.251 e. The predicted octanol–water partition coefficient (Wildman–Crippen LogP) is 1.79. The molecule has 0 aliphatic heterocycles. The molecule has 0 spiro atoms. The number of hydrogen-bond donors (Lipinski definition) is 1. The van der Waals surface area contributed by atoms with Crippen LogP contribution in [0.15, 0.2) is 36.6 Å². The van der Waals surface area contributed by atoms with Gasteiger partial charge in [-0.2, -0.15) is 0 Å². The number of halogens is 1. The van der Waals surface area contributed by atoms with Gasteiger partial charge in [-0.05, 0) is 17.7 Å². The van der Waals surface area contributed by atoms with Crippen molar-refractivity contribution in [1.29, 1.82) is 0 Å². The molecule has 0 radical (unpaired) electrons. The van der Waals surface area contributed by atoms with E-state index in [1.54, 1.807) is 6.07 Å². The van der Waals surface area contributed by atoms with Crippen LogP contribution in [-0.4, -0.2) is 13.0 Å². The van der Waals surface area contributed by atoms with E-state index in [1.165, 1.54) is 25.3 Å². The zero-order valence-electron chi connectivity index (χ0n) is 8.92. The van der Waals surface area contributed by atoms with E-state index in [9.17, 15) is 9.18 Å². The van der Waals surface area contributed by atoms with Crippen molar-refractivity contribution in [2.75, 3.05) is 7.11 Å². The van der Waals surface area contributed by atoms with E-state index in [2.05, 4.69) is 17.6 Å². The molecule has 1 N–H and O–H groups in total. The average Bonchev–Trinajstić information content (AvgIpc) is 2.26. The van der Waals surface area contributed by atoms with Gasteiger partial charge in [0.25, 0.3) is 5.91 Å². The summed E-state index contributed by atoms with van der Waals surface area (Å²) >= 11 is 0. The third kappa shape index (κ3) is 3.59. The normalized spacial score (nSPS) is 9.12. The molecule has 0 atom stereocenters. The summed E-state index contributed by atoms with van der Waals surface area (Å²) in [4.78, 5) is 11.1. The Bertz CT molecular complexity index is 437. The van der Waals surface area contributed by atoms with E-state index < -0.39 is 5.82 Å². The molecule has 0 aromatic heterocycles. The number of hydrogen-bond acceptors (Lipinski definition) is 2. The molecule has 1 aromatic rings. The van der Waals surface area contributed by atoms with Crippen LogP contribution >= 0.6 is 0 Å².